The van der Waals surface area contributed by atoms with Crippen LogP contribution in [0.15, 0.2) is 40.3 Å². The summed E-state index contributed by atoms with van der Waals surface area (Å²) in [4.78, 5) is 37.6. The third kappa shape index (κ3) is 4.43. The van der Waals surface area contributed by atoms with Crippen molar-refractivity contribution in [3.05, 3.63) is 51.1 Å². The highest BCUT2D eigenvalue weighted by Gasteiger charge is 2.26. The van der Waals surface area contributed by atoms with Gasteiger partial charge in [-0.2, -0.15) is 0 Å². The monoisotopic (exact) mass is 482 g/mol. The van der Waals surface area contributed by atoms with E-state index < -0.39 is 0 Å². The molecule has 1 aliphatic heterocycles. The predicted octanol–water partition coefficient (Wildman–Crippen LogP) is 4.04. The molecule has 0 N–H and O–H groups in total. The summed E-state index contributed by atoms with van der Waals surface area (Å²) >= 11 is 3.07. The predicted molar refractivity (Wildman–Crippen MR) is 137 cm³/mol. The minimum atomic E-state index is 0.0565. The first kappa shape index (κ1) is 22.5. The maximum absolute atomic E-state index is 13.3. The number of aryl methyl sites for hydroxylation is 1. The average Bonchev–Trinajstić information content (AvgIpc) is 3.20. The van der Waals surface area contributed by atoms with Gasteiger partial charge in [0.05, 0.1) is 11.1 Å². The summed E-state index contributed by atoms with van der Waals surface area (Å²) in [6.07, 6.45) is 3.14. The van der Waals surface area contributed by atoms with Crippen molar-refractivity contribution in [2.75, 3.05) is 36.8 Å². The van der Waals surface area contributed by atoms with Gasteiger partial charge in [0.25, 0.3) is 5.56 Å². The van der Waals surface area contributed by atoms with E-state index in [0.717, 1.165) is 55.7 Å². The highest BCUT2D eigenvalue weighted by atomic mass is 32.2. The number of para-hydroxylation sites is 1. The number of hydrogen-bond acceptors (Lipinski definition) is 6. The van der Waals surface area contributed by atoms with Gasteiger partial charge in [0, 0.05) is 43.3 Å². The molecule has 1 aromatic carbocycles. The Morgan fingerprint density at radius 2 is 1.94 bits per heavy atom. The number of anilines is 1. The number of carbonyl (C=O) groups is 1. The van der Waals surface area contributed by atoms with Crippen molar-refractivity contribution in [3.8, 4) is 0 Å². The van der Waals surface area contributed by atoms with Crippen LogP contribution in [0.2, 0.25) is 0 Å². The molecule has 0 saturated carbocycles. The number of aromatic nitrogens is 2. The summed E-state index contributed by atoms with van der Waals surface area (Å²) < 4.78 is 1.75. The lowest BCUT2D eigenvalue weighted by Crippen LogP contribution is -2.49. The van der Waals surface area contributed by atoms with Crippen LogP contribution < -0.4 is 10.5 Å². The zero-order valence-electron chi connectivity index (χ0n) is 19.2. The van der Waals surface area contributed by atoms with E-state index in [0.29, 0.717) is 23.4 Å². The van der Waals surface area contributed by atoms with E-state index in [1.807, 2.05) is 30.0 Å². The van der Waals surface area contributed by atoms with Crippen molar-refractivity contribution in [1.82, 2.24) is 14.5 Å². The van der Waals surface area contributed by atoms with E-state index in [-0.39, 0.29) is 11.5 Å². The van der Waals surface area contributed by atoms with Crippen LogP contribution in [-0.2, 0) is 24.2 Å². The fourth-order valence-corrected chi connectivity index (χ4v) is 7.25. The molecule has 0 bridgehead atoms. The Balaban J connectivity index is 1.28. The molecule has 1 unspecified atom stereocenters. The van der Waals surface area contributed by atoms with Crippen LogP contribution in [0, 0.1) is 5.92 Å². The molecule has 1 saturated heterocycles. The van der Waals surface area contributed by atoms with Crippen LogP contribution in [-0.4, -0.2) is 52.3 Å². The molecule has 1 atom stereocenters. The van der Waals surface area contributed by atoms with Crippen LogP contribution in [0.1, 0.15) is 30.7 Å². The Morgan fingerprint density at radius 3 is 2.67 bits per heavy atom. The van der Waals surface area contributed by atoms with Gasteiger partial charge < -0.3 is 9.80 Å². The summed E-state index contributed by atoms with van der Waals surface area (Å²) in [7, 11) is 0. The zero-order valence-corrected chi connectivity index (χ0v) is 20.9. The number of nitrogens with zero attached hydrogens (tertiary/aromatic N) is 4. The second kappa shape index (κ2) is 9.50. The Labute approximate surface area is 202 Å². The molecule has 2 aromatic heterocycles. The lowest BCUT2D eigenvalue weighted by atomic mass is 9.89. The largest absolute Gasteiger partial charge is 0.368 e. The molecule has 3 heterocycles. The minimum absolute atomic E-state index is 0.0565. The standard InChI is InChI=1S/C25H30N4O2S2/c1-3-29-24(31)22-19-10-9-17(2)15-20(19)33-23(22)26-25(29)32-16-21(30)28-13-11-27(12-14-28)18-7-5-4-6-8-18/h4-8,17H,3,9-16H2,1-2H3. The second-order valence-electron chi connectivity index (χ2n) is 8.97. The fourth-order valence-electron chi connectivity index (χ4n) is 4.86. The van der Waals surface area contributed by atoms with Crippen LogP contribution >= 0.6 is 23.1 Å². The topological polar surface area (TPSA) is 58.4 Å². The molecule has 6 nitrogen and oxygen atoms in total. The molecule has 2 aliphatic rings. The average molecular weight is 483 g/mol. The number of piperazine rings is 1. The van der Waals surface area contributed by atoms with E-state index in [1.54, 1.807) is 15.9 Å². The first-order valence-corrected chi connectivity index (χ1v) is 13.6. The number of thioether (sulfide) groups is 1. The second-order valence-corrected chi connectivity index (χ2v) is 11.0. The number of benzene rings is 1. The fraction of sp³-hybridized carbons (Fsp3) is 0.480. The zero-order chi connectivity index (χ0) is 22.9. The third-order valence-electron chi connectivity index (χ3n) is 6.77. The number of carbonyl (C=O) groups excluding carboxylic acids is 1. The lowest BCUT2D eigenvalue weighted by molar-refractivity contribution is -0.128. The van der Waals surface area contributed by atoms with E-state index in [9.17, 15) is 9.59 Å². The SMILES string of the molecule is CCn1c(SCC(=O)N2CCN(c3ccccc3)CC2)nc2sc3c(c2c1=O)CCC(C)C3. The molecule has 3 aromatic rings. The number of amides is 1. The van der Waals surface area contributed by atoms with Gasteiger partial charge in [-0.25, -0.2) is 4.98 Å². The van der Waals surface area contributed by atoms with Gasteiger partial charge in [0.15, 0.2) is 5.16 Å². The van der Waals surface area contributed by atoms with Crippen molar-refractivity contribution < 1.29 is 4.79 Å². The number of thiophene rings is 1. The lowest BCUT2D eigenvalue weighted by Gasteiger charge is -2.36. The van der Waals surface area contributed by atoms with Crippen LogP contribution in [0.3, 0.4) is 0 Å². The van der Waals surface area contributed by atoms with E-state index in [2.05, 4.69) is 24.0 Å². The summed E-state index contributed by atoms with van der Waals surface area (Å²) in [5.41, 5.74) is 2.48. The maximum atomic E-state index is 13.3. The first-order valence-electron chi connectivity index (χ1n) is 11.8. The maximum Gasteiger partial charge on any atom is 0.263 e. The summed E-state index contributed by atoms with van der Waals surface area (Å²) in [6.45, 7) is 7.93. The highest BCUT2D eigenvalue weighted by molar-refractivity contribution is 7.99. The Morgan fingerprint density at radius 1 is 1.18 bits per heavy atom. The molecule has 5 rings (SSSR count). The molecule has 1 amide bonds. The van der Waals surface area contributed by atoms with Gasteiger partial charge in [-0.15, -0.1) is 11.3 Å². The van der Waals surface area contributed by atoms with Crippen LogP contribution in [0.5, 0.6) is 0 Å². The van der Waals surface area contributed by atoms with Gasteiger partial charge in [0.1, 0.15) is 4.83 Å². The third-order valence-corrected chi connectivity index (χ3v) is 8.88. The van der Waals surface area contributed by atoms with Crippen LogP contribution in [0.4, 0.5) is 5.69 Å². The van der Waals surface area contributed by atoms with Crippen molar-refractivity contribution in [2.24, 2.45) is 5.92 Å². The summed E-state index contributed by atoms with van der Waals surface area (Å²) in [5, 5.41) is 1.48. The number of rotatable bonds is 5. The van der Waals surface area contributed by atoms with E-state index in [4.69, 9.17) is 4.98 Å². The smallest absolute Gasteiger partial charge is 0.263 e. The number of hydrogen-bond donors (Lipinski definition) is 0. The first-order chi connectivity index (χ1) is 16.0. The minimum Gasteiger partial charge on any atom is -0.368 e. The molecule has 0 spiro atoms. The Kier molecular flexibility index (Phi) is 6.47. The molecule has 174 valence electrons. The molecular weight excluding hydrogens is 452 g/mol. The van der Waals surface area contributed by atoms with E-state index in [1.165, 1.54) is 27.9 Å². The quantitative estimate of drug-likeness (QED) is 0.406. The molecule has 0 radical (unpaired) electrons. The van der Waals surface area contributed by atoms with Crippen molar-refractivity contribution in [2.45, 2.75) is 44.8 Å². The van der Waals surface area contributed by atoms with E-state index >= 15 is 0 Å². The summed E-state index contributed by atoms with van der Waals surface area (Å²) in [5.74, 6) is 1.09. The van der Waals surface area contributed by atoms with Gasteiger partial charge in [-0.1, -0.05) is 36.9 Å². The normalized spacial score (nSPS) is 18.5. The van der Waals surface area contributed by atoms with Crippen molar-refractivity contribution >= 4 is 44.9 Å². The van der Waals surface area contributed by atoms with Crippen molar-refractivity contribution in [3.63, 3.8) is 0 Å². The molecule has 1 aliphatic carbocycles. The van der Waals surface area contributed by atoms with Gasteiger partial charge in [-0.05, 0) is 49.8 Å². The molecule has 33 heavy (non-hydrogen) atoms. The number of fused-ring (bicyclic) bond motifs is 3. The van der Waals surface area contributed by atoms with Crippen LogP contribution in [0.25, 0.3) is 10.2 Å². The Bertz CT molecular complexity index is 1210. The summed E-state index contributed by atoms with van der Waals surface area (Å²) in [6, 6.07) is 10.3. The van der Waals surface area contributed by atoms with Gasteiger partial charge >= 0.3 is 0 Å². The van der Waals surface area contributed by atoms with Crippen molar-refractivity contribution in [1.29, 1.82) is 0 Å². The molecular formula is C25H30N4O2S2. The van der Waals surface area contributed by atoms with Gasteiger partial charge in [0.2, 0.25) is 5.91 Å². The Hall–Kier alpha value is -2.32. The highest BCUT2D eigenvalue weighted by Crippen LogP contribution is 2.36. The molecule has 1 fully saturated rings. The molecule has 8 heteroatoms. The van der Waals surface area contributed by atoms with Gasteiger partial charge in [-0.3, -0.25) is 14.2 Å².